The van der Waals surface area contributed by atoms with E-state index in [0.717, 1.165) is 0 Å². The Kier molecular flexibility index (Phi) is 3.01. The lowest BCUT2D eigenvalue weighted by Crippen LogP contribution is -2.20. The zero-order valence-corrected chi connectivity index (χ0v) is 9.81. The van der Waals surface area contributed by atoms with Gasteiger partial charge in [0.2, 0.25) is 0 Å². The Balaban J connectivity index is 2.54. The molecule has 0 saturated heterocycles. The van der Waals surface area contributed by atoms with Crippen LogP contribution < -0.4 is 16.0 Å². The van der Waals surface area contributed by atoms with Gasteiger partial charge in [-0.15, -0.1) is 0 Å². The Labute approximate surface area is 102 Å². The number of ether oxygens (including phenoxy) is 1. The number of nitrogen functional groups attached to an aromatic ring is 1. The highest BCUT2D eigenvalue weighted by molar-refractivity contribution is 6.32. The number of halogens is 1. The van der Waals surface area contributed by atoms with Crippen LogP contribution in [-0.4, -0.2) is 16.9 Å². The molecule has 0 aliphatic carbocycles. The van der Waals surface area contributed by atoms with Crippen LogP contribution in [0.5, 0.6) is 5.75 Å². The van der Waals surface area contributed by atoms with E-state index in [9.17, 15) is 4.79 Å². The molecule has 88 valence electrons. The summed E-state index contributed by atoms with van der Waals surface area (Å²) in [4.78, 5) is 11.7. The van der Waals surface area contributed by atoms with E-state index >= 15 is 0 Å². The average molecular weight is 252 g/mol. The molecule has 6 heteroatoms. The molecule has 1 heterocycles. The fourth-order valence-corrected chi connectivity index (χ4v) is 1.66. The topological polar surface area (TPSA) is 70.1 Å². The van der Waals surface area contributed by atoms with Gasteiger partial charge in [-0.2, -0.15) is 9.78 Å². The van der Waals surface area contributed by atoms with Gasteiger partial charge in [0.1, 0.15) is 5.75 Å². The molecule has 17 heavy (non-hydrogen) atoms. The van der Waals surface area contributed by atoms with Crippen molar-refractivity contribution < 1.29 is 4.74 Å². The Morgan fingerprint density at radius 2 is 2.18 bits per heavy atom. The van der Waals surface area contributed by atoms with Crippen molar-refractivity contribution in [2.75, 3.05) is 12.8 Å². The van der Waals surface area contributed by atoms with E-state index < -0.39 is 0 Å². The minimum absolute atomic E-state index is 0.314. The predicted octanol–water partition coefficient (Wildman–Crippen LogP) is 1.48. The lowest BCUT2D eigenvalue weighted by atomic mass is 10.3. The summed E-state index contributed by atoms with van der Waals surface area (Å²) in [5.41, 5.74) is 6.03. The molecule has 0 radical (unpaired) electrons. The molecule has 0 unspecified atom stereocenters. The summed E-state index contributed by atoms with van der Waals surface area (Å²) in [7, 11) is 1.52. The first kappa shape index (κ1) is 11.5. The number of aromatic nitrogens is 2. The molecule has 0 bridgehead atoms. The highest BCUT2D eigenvalue weighted by atomic mass is 35.5. The van der Waals surface area contributed by atoms with E-state index in [1.165, 1.54) is 24.1 Å². The van der Waals surface area contributed by atoms with Crippen LogP contribution in [-0.2, 0) is 0 Å². The van der Waals surface area contributed by atoms with Crippen LogP contribution in [0.25, 0.3) is 5.69 Å². The summed E-state index contributed by atoms with van der Waals surface area (Å²) in [6, 6.07) is 6.26. The molecule has 5 nitrogen and oxygen atoms in total. The Bertz CT molecular complexity index is 610. The second kappa shape index (κ2) is 4.47. The highest BCUT2D eigenvalue weighted by Crippen LogP contribution is 2.25. The SMILES string of the molecule is COc1ccc(-n2ncc(N)cc2=O)cc1Cl. The van der Waals surface area contributed by atoms with Gasteiger partial charge in [-0.3, -0.25) is 4.79 Å². The minimum atomic E-state index is -0.314. The van der Waals surface area contributed by atoms with Gasteiger partial charge in [-0.1, -0.05) is 11.6 Å². The molecule has 0 amide bonds. The van der Waals surface area contributed by atoms with E-state index in [1.54, 1.807) is 18.2 Å². The summed E-state index contributed by atoms with van der Waals surface area (Å²) in [6.45, 7) is 0. The van der Waals surface area contributed by atoms with Crippen molar-refractivity contribution in [2.24, 2.45) is 0 Å². The standard InChI is InChI=1S/C11H10ClN3O2/c1-17-10-3-2-8(5-9(10)12)15-11(16)4-7(13)6-14-15/h2-6H,13H2,1H3. The van der Waals surface area contributed by atoms with Gasteiger partial charge in [-0.25, -0.2) is 0 Å². The number of benzene rings is 1. The third kappa shape index (κ3) is 2.24. The van der Waals surface area contributed by atoms with Gasteiger partial charge in [0.15, 0.2) is 0 Å². The number of hydrogen-bond donors (Lipinski definition) is 1. The normalized spacial score (nSPS) is 10.2. The number of rotatable bonds is 2. The molecule has 0 saturated carbocycles. The number of hydrogen-bond acceptors (Lipinski definition) is 4. The number of nitrogens with zero attached hydrogens (tertiary/aromatic N) is 2. The molecule has 1 aromatic carbocycles. The summed E-state index contributed by atoms with van der Waals surface area (Å²) in [6.07, 6.45) is 1.40. The molecule has 0 aliphatic rings. The maximum Gasteiger partial charge on any atom is 0.273 e. The molecule has 1 aromatic heterocycles. The van der Waals surface area contributed by atoms with E-state index in [-0.39, 0.29) is 5.56 Å². The highest BCUT2D eigenvalue weighted by Gasteiger charge is 2.05. The quantitative estimate of drug-likeness (QED) is 0.878. The monoisotopic (exact) mass is 251 g/mol. The summed E-state index contributed by atoms with van der Waals surface area (Å²) < 4.78 is 6.24. The molecule has 2 aromatic rings. The summed E-state index contributed by atoms with van der Waals surface area (Å²) in [5.74, 6) is 0.541. The van der Waals surface area contributed by atoms with Gasteiger partial charge in [0.25, 0.3) is 5.56 Å². The van der Waals surface area contributed by atoms with Gasteiger partial charge in [0, 0.05) is 6.07 Å². The van der Waals surface area contributed by atoms with E-state index in [1.807, 2.05) is 0 Å². The smallest absolute Gasteiger partial charge is 0.273 e. The minimum Gasteiger partial charge on any atom is -0.495 e. The van der Waals surface area contributed by atoms with Crippen molar-refractivity contribution in [1.82, 2.24) is 9.78 Å². The molecule has 0 atom stereocenters. The second-order valence-electron chi connectivity index (χ2n) is 3.36. The third-order valence-electron chi connectivity index (χ3n) is 2.20. The van der Waals surface area contributed by atoms with Gasteiger partial charge < -0.3 is 10.5 Å². The van der Waals surface area contributed by atoms with E-state index in [4.69, 9.17) is 22.1 Å². The van der Waals surface area contributed by atoms with Crippen molar-refractivity contribution in [1.29, 1.82) is 0 Å². The van der Waals surface area contributed by atoms with Gasteiger partial charge >= 0.3 is 0 Å². The summed E-state index contributed by atoms with van der Waals surface area (Å²) >= 11 is 5.97. The Morgan fingerprint density at radius 3 is 2.76 bits per heavy atom. The fourth-order valence-electron chi connectivity index (χ4n) is 1.40. The van der Waals surface area contributed by atoms with Crippen LogP contribution in [0.4, 0.5) is 5.69 Å². The van der Waals surface area contributed by atoms with Crippen molar-refractivity contribution >= 4 is 17.3 Å². The van der Waals surface area contributed by atoms with Crippen LogP contribution in [0.1, 0.15) is 0 Å². The molecule has 2 N–H and O–H groups in total. The van der Waals surface area contributed by atoms with Crippen LogP contribution in [0.3, 0.4) is 0 Å². The van der Waals surface area contributed by atoms with Crippen LogP contribution >= 0.6 is 11.6 Å². The van der Waals surface area contributed by atoms with Crippen LogP contribution in [0, 0.1) is 0 Å². The average Bonchev–Trinajstić information content (AvgIpc) is 2.29. The molecule has 0 spiro atoms. The van der Waals surface area contributed by atoms with Crippen LogP contribution in [0.2, 0.25) is 5.02 Å². The van der Waals surface area contributed by atoms with E-state index in [0.29, 0.717) is 22.1 Å². The summed E-state index contributed by atoms with van der Waals surface area (Å²) in [5, 5.41) is 4.34. The largest absolute Gasteiger partial charge is 0.495 e. The molecule has 2 rings (SSSR count). The molecule has 0 fully saturated rings. The Hall–Kier alpha value is -2.01. The molecule has 0 aliphatic heterocycles. The maximum absolute atomic E-state index is 11.7. The first-order valence-electron chi connectivity index (χ1n) is 4.80. The van der Waals surface area contributed by atoms with Crippen molar-refractivity contribution in [3.05, 3.63) is 45.8 Å². The first-order valence-corrected chi connectivity index (χ1v) is 5.18. The number of methoxy groups -OCH3 is 1. The van der Waals surface area contributed by atoms with Crippen molar-refractivity contribution in [3.63, 3.8) is 0 Å². The maximum atomic E-state index is 11.7. The lowest BCUT2D eigenvalue weighted by molar-refractivity contribution is 0.415. The molecular weight excluding hydrogens is 242 g/mol. The predicted molar refractivity (Wildman–Crippen MR) is 65.8 cm³/mol. The Morgan fingerprint density at radius 1 is 1.41 bits per heavy atom. The van der Waals surface area contributed by atoms with Crippen LogP contribution in [0.15, 0.2) is 35.3 Å². The fraction of sp³-hybridized carbons (Fsp3) is 0.0909. The second-order valence-corrected chi connectivity index (χ2v) is 3.76. The van der Waals surface area contributed by atoms with Gasteiger partial charge in [0.05, 0.1) is 29.7 Å². The lowest BCUT2D eigenvalue weighted by Gasteiger charge is -2.07. The van der Waals surface area contributed by atoms with Crippen molar-refractivity contribution in [3.8, 4) is 11.4 Å². The number of nitrogens with two attached hydrogens (primary N) is 1. The zero-order chi connectivity index (χ0) is 12.4. The first-order chi connectivity index (χ1) is 8.11. The van der Waals surface area contributed by atoms with E-state index in [2.05, 4.69) is 5.10 Å². The number of anilines is 1. The zero-order valence-electron chi connectivity index (χ0n) is 9.05. The molecular formula is C11H10ClN3O2. The van der Waals surface area contributed by atoms with Gasteiger partial charge in [-0.05, 0) is 18.2 Å². The van der Waals surface area contributed by atoms with Crippen molar-refractivity contribution in [2.45, 2.75) is 0 Å². The third-order valence-corrected chi connectivity index (χ3v) is 2.50.